The molecule has 3 N–H and O–H groups in total. The first-order chi connectivity index (χ1) is 9.43. The monoisotopic (exact) mass is 277 g/mol. The van der Waals surface area contributed by atoms with Gasteiger partial charge in [0.05, 0.1) is 30.9 Å². The third-order valence-corrected chi connectivity index (χ3v) is 3.14. The minimum atomic E-state index is -0.0508. The molecular formula is C15H23N3O2. The predicted octanol–water partition coefficient (Wildman–Crippen LogP) is 1.92. The maximum atomic E-state index is 8.75. The van der Waals surface area contributed by atoms with Crippen molar-refractivity contribution in [2.24, 2.45) is 0 Å². The largest absolute Gasteiger partial charge is 0.399 e. The fourth-order valence-electron chi connectivity index (χ4n) is 2.27. The third-order valence-electron chi connectivity index (χ3n) is 3.14. The molecule has 0 amide bonds. The maximum Gasteiger partial charge on any atom is 0.115 e. The van der Waals surface area contributed by atoms with Crippen molar-refractivity contribution in [2.45, 2.75) is 32.7 Å². The van der Waals surface area contributed by atoms with Gasteiger partial charge in [0.25, 0.3) is 0 Å². The number of nitrogens with zero attached hydrogens (tertiary/aromatic N) is 2. The van der Waals surface area contributed by atoms with Crippen LogP contribution in [0.1, 0.15) is 26.6 Å². The van der Waals surface area contributed by atoms with E-state index in [2.05, 4.69) is 25.3 Å². The van der Waals surface area contributed by atoms with Gasteiger partial charge in [-0.05, 0) is 18.2 Å². The predicted molar refractivity (Wildman–Crippen MR) is 80.8 cm³/mol. The van der Waals surface area contributed by atoms with Crippen molar-refractivity contribution in [3.63, 3.8) is 0 Å². The molecule has 2 aromatic rings. The van der Waals surface area contributed by atoms with Gasteiger partial charge >= 0.3 is 0 Å². The Kier molecular flexibility index (Phi) is 4.30. The third kappa shape index (κ3) is 3.11. The molecule has 0 saturated heterocycles. The molecule has 110 valence electrons. The Balaban J connectivity index is 2.37. The Morgan fingerprint density at radius 1 is 1.30 bits per heavy atom. The van der Waals surface area contributed by atoms with E-state index < -0.39 is 0 Å². The van der Waals surface area contributed by atoms with E-state index in [4.69, 9.17) is 20.6 Å². The molecule has 0 bridgehead atoms. The number of anilines is 1. The van der Waals surface area contributed by atoms with Crippen molar-refractivity contribution < 1.29 is 9.84 Å². The minimum Gasteiger partial charge on any atom is -0.399 e. The molecule has 1 heterocycles. The topological polar surface area (TPSA) is 73.3 Å². The van der Waals surface area contributed by atoms with Crippen molar-refractivity contribution in [2.75, 3.05) is 25.6 Å². The van der Waals surface area contributed by atoms with Gasteiger partial charge in [-0.1, -0.05) is 20.8 Å². The first-order valence-electron chi connectivity index (χ1n) is 6.88. The first kappa shape index (κ1) is 14.8. The van der Waals surface area contributed by atoms with E-state index in [1.54, 1.807) is 0 Å². The highest BCUT2D eigenvalue weighted by atomic mass is 16.5. The second-order valence-corrected chi connectivity index (χ2v) is 5.92. The van der Waals surface area contributed by atoms with E-state index in [-0.39, 0.29) is 12.0 Å². The molecule has 0 radical (unpaired) electrons. The van der Waals surface area contributed by atoms with E-state index in [1.165, 1.54) is 0 Å². The fraction of sp³-hybridized carbons (Fsp3) is 0.533. The van der Waals surface area contributed by atoms with Crippen LogP contribution < -0.4 is 5.73 Å². The summed E-state index contributed by atoms with van der Waals surface area (Å²) in [5.41, 5.74) is 8.48. The molecule has 1 aromatic carbocycles. The van der Waals surface area contributed by atoms with Gasteiger partial charge in [0.15, 0.2) is 0 Å². The van der Waals surface area contributed by atoms with Gasteiger partial charge in [-0.15, -0.1) is 0 Å². The van der Waals surface area contributed by atoms with Crippen LogP contribution in [0, 0.1) is 0 Å². The number of hydrogen-bond acceptors (Lipinski definition) is 4. The molecule has 0 unspecified atom stereocenters. The van der Waals surface area contributed by atoms with Gasteiger partial charge in [-0.3, -0.25) is 0 Å². The lowest BCUT2D eigenvalue weighted by Gasteiger charge is -2.20. The van der Waals surface area contributed by atoms with Crippen LogP contribution in [0.25, 0.3) is 11.0 Å². The van der Waals surface area contributed by atoms with Crippen molar-refractivity contribution in [3.05, 3.63) is 24.0 Å². The molecule has 5 nitrogen and oxygen atoms in total. The maximum absolute atomic E-state index is 8.75. The first-order valence-corrected chi connectivity index (χ1v) is 6.88. The zero-order valence-electron chi connectivity index (χ0n) is 12.4. The molecule has 20 heavy (non-hydrogen) atoms. The quantitative estimate of drug-likeness (QED) is 0.647. The number of nitrogens with two attached hydrogens (primary N) is 1. The molecule has 5 heteroatoms. The van der Waals surface area contributed by atoms with Crippen molar-refractivity contribution >= 4 is 16.7 Å². The Hall–Kier alpha value is -1.59. The summed E-state index contributed by atoms with van der Waals surface area (Å²) < 4.78 is 7.55. The van der Waals surface area contributed by atoms with E-state index in [1.807, 2.05) is 18.2 Å². The molecule has 0 aliphatic heterocycles. The zero-order valence-corrected chi connectivity index (χ0v) is 12.4. The molecule has 0 spiro atoms. The molecule has 0 saturated carbocycles. The van der Waals surface area contributed by atoms with Gasteiger partial charge in [-0.2, -0.15) is 0 Å². The van der Waals surface area contributed by atoms with Gasteiger partial charge in [0.2, 0.25) is 0 Å². The van der Waals surface area contributed by atoms with E-state index in [0.29, 0.717) is 19.8 Å². The summed E-state index contributed by atoms with van der Waals surface area (Å²) in [6, 6.07) is 5.79. The van der Waals surface area contributed by atoms with E-state index in [9.17, 15) is 0 Å². The Labute approximate surface area is 119 Å². The number of nitrogen functional groups attached to an aromatic ring is 1. The Morgan fingerprint density at radius 2 is 2.05 bits per heavy atom. The molecule has 0 fully saturated rings. The summed E-state index contributed by atoms with van der Waals surface area (Å²) in [6.45, 7) is 8.11. The van der Waals surface area contributed by atoms with Crippen molar-refractivity contribution in [1.82, 2.24) is 9.55 Å². The molecule has 1 aromatic heterocycles. The van der Waals surface area contributed by atoms with Crippen LogP contribution in [-0.2, 0) is 16.7 Å². The summed E-state index contributed by atoms with van der Waals surface area (Å²) in [4.78, 5) is 4.72. The highest BCUT2D eigenvalue weighted by Gasteiger charge is 2.22. The van der Waals surface area contributed by atoms with E-state index >= 15 is 0 Å². The fourth-order valence-corrected chi connectivity index (χ4v) is 2.27. The number of rotatable bonds is 5. The van der Waals surface area contributed by atoms with Crippen LogP contribution in [0.15, 0.2) is 18.2 Å². The molecular weight excluding hydrogens is 254 g/mol. The zero-order chi connectivity index (χ0) is 14.8. The molecule has 0 atom stereocenters. The van der Waals surface area contributed by atoms with Crippen LogP contribution in [0.5, 0.6) is 0 Å². The van der Waals surface area contributed by atoms with Crippen molar-refractivity contribution in [1.29, 1.82) is 0 Å². The number of fused-ring (bicyclic) bond motifs is 1. The minimum absolute atomic E-state index is 0.0489. The SMILES string of the molecule is CC(C)(C)c1nc2cc(N)ccc2n1CCOCCO. The summed E-state index contributed by atoms with van der Waals surface area (Å²) >= 11 is 0. The number of benzene rings is 1. The summed E-state index contributed by atoms with van der Waals surface area (Å²) in [5, 5.41) is 8.75. The average molecular weight is 277 g/mol. The summed E-state index contributed by atoms with van der Waals surface area (Å²) in [7, 11) is 0. The van der Waals surface area contributed by atoms with Gasteiger partial charge in [-0.25, -0.2) is 4.98 Å². The Bertz CT molecular complexity index is 585. The second-order valence-electron chi connectivity index (χ2n) is 5.92. The van der Waals surface area contributed by atoms with Crippen molar-refractivity contribution in [3.8, 4) is 0 Å². The van der Waals surface area contributed by atoms with E-state index in [0.717, 1.165) is 22.5 Å². The number of hydrogen-bond donors (Lipinski definition) is 2. The van der Waals surface area contributed by atoms with Crippen LogP contribution in [0.2, 0.25) is 0 Å². The number of aliphatic hydroxyl groups is 1. The number of aromatic nitrogens is 2. The number of imidazole rings is 1. The highest BCUT2D eigenvalue weighted by Crippen LogP contribution is 2.27. The lowest BCUT2D eigenvalue weighted by Crippen LogP contribution is -2.21. The number of ether oxygens (including phenoxy) is 1. The smallest absolute Gasteiger partial charge is 0.115 e. The van der Waals surface area contributed by atoms with Crippen LogP contribution in [0.4, 0.5) is 5.69 Å². The molecule has 0 aliphatic rings. The van der Waals surface area contributed by atoms with Crippen LogP contribution in [-0.4, -0.2) is 34.5 Å². The normalized spacial score (nSPS) is 12.2. The van der Waals surface area contributed by atoms with Crippen LogP contribution >= 0.6 is 0 Å². The highest BCUT2D eigenvalue weighted by molar-refractivity contribution is 5.79. The molecule has 2 rings (SSSR count). The lowest BCUT2D eigenvalue weighted by molar-refractivity contribution is 0.0867. The summed E-state index contributed by atoms with van der Waals surface area (Å²) in [5.74, 6) is 1.02. The van der Waals surface area contributed by atoms with Gasteiger partial charge in [0.1, 0.15) is 5.82 Å². The summed E-state index contributed by atoms with van der Waals surface area (Å²) in [6.07, 6.45) is 0. The molecule has 0 aliphatic carbocycles. The number of aliphatic hydroxyl groups excluding tert-OH is 1. The average Bonchev–Trinajstić information content (AvgIpc) is 2.72. The van der Waals surface area contributed by atoms with Gasteiger partial charge in [0, 0.05) is 17.6 Å². The van der Waals surface area contributed by atoms with Crippen LogP contribution in [0.3, 0.4) is 0 Å². The standard InChI is InChI=1S/C15H23N3O2/c1-15(2,3)14-17-12-10-11(16)4-5-13(12)18(14)6-8-20-9-7-19/h4-5,10,19H,6-9,16H2,1-3H3. The second kappa shape index (κ2) is 5.81. The Morgan fingerprint density at radius 3 is 2.70 bits per heavy atom. The lowest BCUT2D eigenvalue weighted by atomic mass is 9.95. The van der Waals surface area contributed by atoms with Gasteiger partial charge < -0.3 is 20.1 Å².